The van der Waals surface area contributed by atoms with Crippen LogP contribution in [-0.4, -0.2) is 35.7 Å². The molecule has 0 unspecified atom stereocenters. The SMILES string of the molecule is Nc1cccc(C(=O)NC2=Nc3ccccc3C3=NCCN23)c1. The Labute approximate surface area is 133 Å². The summed E-state index contributed by atoms with van der Waals surface area (Å²) in [4.78, 5) is 23.5. The molecule has 0 aromatic heterocycles. The van der Waals surface area contributed by atoms with E-state index < -0.39 is 0 Å². The van der Waals surface area contributed by atoms with E-state index in [1.165, 1.54) is 0 Å². The zero-order chi connectivity index (χ0) is 15.8. The van der Waals surface area contributed by atoms with Gasteiger partial charge < -0.3 is 5.73 Å². The highest BCUT2D eigenvalue weighted by Gasteiger charge is 2.30. The van der Waals surface area contributed by atoms with Crippen molar-refractivity contribution < 1.29 is 4.79 Å². The van der Waals surface area contributed by atoms with Gasteiger partial charge in [0.25, 0.3) is 5.91 Å². The van der Waals surface area contributed by atoms with Crippen molar-refractivity contribution in [2.45, 2.75) is 0 Å². The highest BCUT2D eigenvalue weighted by Crippen LogP contribution is 2.27. The summed E-state index contributed by atoms with van der Waals surface area (Å²) in [5.74, 6) is 1.13. The van der Waals surface area contributed by atoms with E-state index in [1.807, 2.05) is 29.2 Å². The van der Waals surface area contributed by atoms with Gasteiger partial charge in [0.1, 0.15) is 5.84 Å². The summed E-state index contributed by atoms with van der Waals surface area (Å²) in [6, 6.07) is 14.7. The number of benzene rings is 2. The van der Waals surface area contributed by atoms with Gasteiger partial charge >= 0.3 is 0 Å². The zero-order valence-electron chi connectivity index (χ0n) is 12.4. The van der Waals surface area contributed by atoms with Gasteiger partial charge in [0.05, 0.1) is 12.2 Å². The van der Waals surface area contributed by atoms with Gasteiger partial charge in [0, 0.05) is 23.4 Å². The molecule has 0 radical (unpaired) electrons. The minimum absolute atomic E-state index is 0.235. The fraction of sp³-hybridized carbons (Fsp3) is 0.118. The van der Waals surface area contributed by atoms with Crippen LogP contribution in [-0.2, 0) is 0 Å². The van der Waals surface area contributed by atoms with Crippen molar-refractivity contribution in [2.75, 3.05) is 18.8 Å². The molecule has 2 heterocycles. The summed E-state index contributed by atoms with van der Waals surface area (Å²) in [6.07, 6.45) is 0. The van der Waals surface area contributed by atoms with Crippen LogP contribution in [0.5, 0.6) is 0 Å². The van der Waals surface area contributed by atoms with E-state index in [-0.39, 0.29) is 5.91 Å². The Morgan fingerprint density at radius 2 is 2.04 bits per heavy atom. The van der Waals surface area contributed by atoms with Gasteiger partial charge in [-0.25, -0.2) is 4.99 Å². The molecule has 2 aliphatic rings. The lowest BCUT2D eigenvalue weighted by atomic mass is 10.1. The fourth-order valence-electron chi connectivity index (χ4n) is 2.77. The number of nitrogens with one attached hydrogen (secondary N) is 1. The maximum atomic E-state index is 12.5. The second-order valence-corrected chi connectivity index (χ2v) is 5.39. The van der Waals surface area contributed by atoms with Crippen molar-refractivity contribution in [3.8, 4) is 0 Å². The Kier molecular flexibility index (Phi) is 3.08. The highest BCUT2D eigenvalue weighted by molar-refractivity contribution is 6.19. The molecule has 0 spiro atoms. The van der Waals surface area contributed by atoms with E-state index in [0.29, 0.717) is 30.3 Å². The number of fused-ring (bicyclic) bond motifs is 3. The summed E-state index contributed by atoms with van der Waals surface area (Å²) in [5.41, 5.74) is 8.60. The molecule has 1 amide bonds. The van der Waals surface area contributed by atoms with Crippen LogP contribution in [0.4, 0.5) is 11.4 Å². The largest absolute Gasteiger partial charge is 0.399 e. The quantitative estimate of drug-likeness (QED) is 0.788. The summed E-state index contributed by atoms with van der Waals surface area (Å²) < 4.78 is 0. The first-order valence-electron chi connectivity index (χ1n) is 7.39. The third-order valence-corrected chi connectivity index (χ3v) is 3.84. The number of amidine groups is 1. The van der Waals surface area contributed by atoms with E-state index in [2.05, 4.69) is 15.3 Å². The second-order valence-electron chi connectivity index (χ2n) is 5.39. The van der Waals surface area contributed by atoms with E-state index in [9.17, 15) is 4.79 Å². The van der Waals surface area contributed by atoms with Gasteiger partial charge in [0.15, 0.2) is 0 Å². The molecule has 114 valence electrons. The first-order chi connectivity index (χ1) is 11.2. The molecule has 0 saturated carbocycles. The van der Waals surface area contributed by atoms with E-state index >= 15 is 0 Å². The number of hydrogen-bond donors (Lipinski definition) is 2. The molecule has 0 bridgehead atoms. The van der Waals surface area contributed by atoms with Gasteiger partial charge in [-0.1, -0.05) is 18.2 Å². The molecular weight excluding hydrogens is 290 g/mol. The summed E-state index contributed by atoms with van der Waals surface area (Å²) in [6.45, 7) is 1.40. The van der Waals surface area contributed by atoms with Crippen LogP contribution < -0.4 is 11.1 Å². The second kappa shape index (κ2) is 5.24. The number of carbonyl (C=O) groups excluding carboxylic acids is 1. The van der Waals surface area contributed by atoms with E-state index in [4.69, 9.17) is 5.73 Å². The molecule has 2 aromatic rings. The maximum absolute atomic E-state index is 12.5. The van der Waals surface area contributed by atoms with Crippen molar-refractivity contribution >= 4 is 29.1 Å². The number of nitrogens with two attached hydrogens (primary N) is 1. The minimum Gasteiger partial charge on any atom is -0.399 e. The van der Waals surface area contributed by atoms with Gasteiger partial charge in [0.2, 0.25) is 5.96 Å². The number of rotatable bonds is 1. The number of anilines is 1. The average molecular weight is 305 g/mol. The maximum Gasteiger partial charge on any atom is 0.258 e. The molecule has 2 aromatic carbocycles. The number of nitrogens with zero attached hydrogens (tertiary/aromatic N) is 3. The Morgan fingerprint density at radius 3 is 2.91 bits per heavy atom. The number of para-hydroxylation sites is 1. The first kappa shape index (κ1) is 13.5. The van der Waals surface area contributed by atoms with Crippen LogP contribution in [0, 0.1) is 0 Å². The monoisotopic (exact) mass is 305 g/mol. The van der Waals surface area contributed by atoms with Crippen LogP contribution in [0.1, 0.15) is 15.9 Å². The third-order valence-electron chi connectivity index (χ3n) is 3.84. The Morgan fingerprint density at radius 1 is 1.17 bits per heavy atom. The first-order valence-corrected chi connectivity index (χ1v) is 7.39. The zero-order valence-corrected chi connectivity index (χ0v) is 12.4. The summed E-state index contributed by atoms with van der Waals surface area (Å²) in [7, 11) is 0. The van der Waals surface area contributed by atoms with E-state index in [1.54, 1.807) is 24.3 Å². The Bertz CT molecular complexity index is 856. The van der Waals surface area contributed by atoms with Crippen LogP contribution in [0.25, 0.3) is 0 Å². The molecule has 6 nitrogen and oxygen atoms in total. The molecule has 2 aliphatic heterocycles. The van der Waals surface area contributed by atoms with Gasteiger partial charge in [-0.3, -0.25) is 20.0 Å². The number of guanidine groups is 1. The van der Waals surface area contributed by atoms with Crippen molar-refractivity contribution in [1.82, 2.24) is 10.2 Å². The average Bonchev–Trinajstić information content (AvgIpc) is 3.05. The normalized spacial score (nSPS) is 15.4. The van der Waals surface area contributed by atoms with E-state index in [0.717, 1.165) is 17.1 Å². The standard InChI is InChI=1S/C17H15N5O/c18-12-5-3-4-11(10-12)16(23)21-17-20-14-7-2-1-6-13(14)15-19-8-9-22(15)17/h1-7,10H,8-9,18H2,(H,20,21,23). The topological polar surface area (TPSA) is 83.1 Å². The fourth-order valence-corrected chi connectivity index (χ4v) is 2.77. The van der Waals surface area contributed by atoms with Gasteiger partial charge in [-0.15, -0.1) is 0 Å². The Balaban J connectivity index is 1.68. The molecule has 23 heavy (non-hydrogen) atoms. The minimum atomic E-state index is -0.235. The lowest BCUT2D eigenvalue weighted by Gasteiger charge is -2.27. The van der Waals surface area contributed by atoms with Crippen LogP contribution >= 0.6 is 0 Å². The predicted octanol–water partition coefficient (Wildman–Crippen LogP) is 1.76. The number of nitrogen functional groups attached to an aromatic ring is 1. The number of aliphatic imine (C=N–C) groups is 2. The van der Waals surface area contributed by atoms with Crippen molar-refractivity contribution in [3.63, 3.8) is 0 Å². The van der Waals surface area contributed by atoms with Crippen molar-refractivity contribution in [1.29, 1.82) is 0 Å². The predicted molar refractivity (Wildman–Crippen MR) is 90.0 cm³/mol. The van der Waals surface area contributed by atoms with Crippen LogP contribution in [0.3, 0.4) is 0 Å². The van der Waals surface area contributed by atoms with Gasteiger partial charge in [-0.2, -0.15) is 0 Å². The number of hydrogen-bond acceptors (Lipinski definition) is 5. The van der Waals surface area contributed by atoms with Crippen LogP contribution in [0.2, 0.25) is 0 Å². The number of amides is 1. The highest BCUT2D eigenvalue weighted by atomic mass is 16.1. The molecule has 3 N–H and O–H groups in total. The molecule has 6 heteroatoms. The lowest BCUT2D eigenvalue weighted by molar-refractivity contribution is 0.0974. The third kappa shape index (κ3) is 2.34. The summed E-state index contributed by atoms with van der Waals surface area (Å²) >= 11 is 0. The van der Waals surface area contributed by atoms with Crippen molar-refractivity contribution in [2.24, 2.45) is 9.98 Å². The summed E-state index contributed by atoms with van der Waals surface area (Å²) in [5, 5.41) is 2.88. The smallest absolute Gasteiger partial charge is 0.258 e. The molecule has 0 atom stereocenters. The van der Waals surface area contributed by atoms with Gasteiger partial charge in [-0.05, 0) is 30.3 Å². The molecule has 0 saturated heterocycles. The molecule has 0 fully saturated rings. The molecule has 4 rings (SSSR count). The van der Waals surface area contributed by atoms with Crippen molar-refractivity contribution in [3.05, 3.63) is 59.7 Å². The number of carbonyl (C=O) groups is 1. The molecule has 0 aliphatic carbocycles. The Hall–Kier alpha value is -3.15. The lowest BCUT2D eigenvalue weighted by Crippen LogP contribution is -2.47. The molecular formula is C17H15N5O. The van der Waals surface area contributed by atoms with Crippen LogP contribution in [0.15, 0.2) is 58.5 Å².